The number of hydrogen-bond acceptors (Lipinski definition) is 3. The average Bonchev–Trinajstić information content (AvgIpc) is 2.46. The zero-order chi connectivity index (χ0) is 17.2. The van der Waals surface area contributed by atoms with Gasteiger partial charge in [0.15, 0.2) is 5.78 Å². The summed E-state index contributed by atoms with van der Waals surface area (Å²) in [5, 5.41) is 20.7. The molecule has 2 aliphatic carbocycles. The van der Waals surface area contributed by atoms with E-state index < -0.39 is 5.60 Å². The smallest absolute Gasteiger partial charge is 0.163 e. The van der Waals surface area contributed by atoms with E-state index in [0.29, 0.717) is 6.42 Å². The highest BCUT2D eigenvalue weighted by Crippen LogP contribution is 2.57. The molecular formula is C20H28O3. The Morgan fingerprint density at radius 2 is 1.87 bits per heavy atom. The van der Waals surface area contributed by atoms with E-state index in [2.05, 4.69) is 20.8 Å². The molecule has 0 aliphatic heterocycles. The van der Waals surface area contributed by atoms with Crippen LogP contribution in [0.1, 0.15) is 75.4 Å². The average molecular weight is 316 g/mol. The number of rotatable bonds is 1. The standard InChI is InChI=1S/C20H28O3/c1-18(2)16-11-15(21)13-10-12(19(3,4)23)6-7-14(13)20(16,5)9-8-17(18)22/h6-7,10,16-17,22-23H,8-9,11H2,1-5H3. The third kappa shape index (κ3) is 2.36. The SMILES string of the molecule is CC(C)(O)c1ccc2c(c1)C(=O)CC1C2(C)CCC(O)C1(C)C. The zero-order valence-corrected chi connectivity index (χ0v) is 14.8. The number of aliphatic hydroxyl groups excluding tert-OH is 1. The van der Waals surface area contributed by atoms with Crippen LogP contribution in [0.2, 0.25) is 0 Å². The molecule has 3 unspecified atom stereocenters. The van der Waals surface area contributed by atoms with Crippen molar-refractivity contribution in [2.45, 2.75) is 71.0 Å². The van der Waals surface area contributed by atoms with Gasteiger partial charge in [-0.25, -0.2) is 0 Å². The number of benzene rings is 1. The van der Waals surface area contributed by atoms with E-state index >= 15 is 0 Å². The molecule has 0 radical (unpaired) electrons. The Balaban J connectivity index is 2.15. The third-order valence-electron chi connectivity index (χ3n) is 6.49. The monoisotopic (exact) mass is 316 g/mol. The predicted octanol–water partition coefficient (Wildman–Crippen LogP) is 3.56. The van der Waals surface area contributed by atoms with E-state index in [9.17, 15) is 15.0 Å². The van der Waals surface area contributed by atoms with Crippen LogP contribution in [0.25, 0.3) is 0 Å². The van der Waals surface area contributed by atoms with Gasteiger partial charge in [0.1, 0.15) is 0 Å². The van der Waals surface area contributed by atoms with Crippen LogP contribution in [0, 0.1) is 11.3 Å². The lowest BCUT2D eigenvalue weighted by atomic mass is 9.49. The summed E-state index contributed by atoms with van der Waals surface area (Å²) in [6.07, 6.45) is 1.78. The van der Waals surface area contributed by atoms with E-state index in [-0.39, 0.29) is 28.6 Å². The van der Waals surface area contributed by atoms with Crippen molar-refractivity contribution in [3.63, 3.8) is 0 Å². The van der Waals surface area contributed by atoms with Crippen molar-refractivity contribution in [1.82, 2.24) is 0 Å². The number of carbonyl (C=O) groups is 1. The molecule has 1 fully saturated rings. The van der Waals surface area contributed by atoms with E-state index in [1.807, 2.05) is 18.2 Å². The maximum atomic E-state index is 12.8. The minimum absolute atomic E-state index is 0.0932. The zero-order valence-electron chi connectivity index (χ0n) is 14.8. The van der Waals surface area contributed by atoms with Crippen molar-refractivity contribution < 1.29 is 15.0 Å². The van der Waals surface area contributed by atoms with Crippen molar-refractivity contribution in [3.8, 4) is 0 Å². The Morgan fingerprint density at radius 3 is 2.48 bits per heavy atom. The molecule has 1 saturated carbocycles. The summed E-state index contributed by atoms with van der Waals surface area (Å²) in [4.78, 5) is 12.8. The first-order chi connectivity index (χ1) is 10.5. The molecule has 0 heterocycles. The first kappa shape index (κ1) is 16.7. The lowest BCUT2D eigenvalue weighted by Gasteiger charge is -2.55. The molecular weight excluding hydrogens is 288 g/mol. The number of aliphatic hydroxyl groups is 2. The van der Waals surface area contributed by atoms with Crippen LogP contribution in [0.15, 0.2) is 18.2 Å². The third-order valence-corrected chi connectivity index (χ3v) is 6.49. The molecule has 0 bridgehead atoms. The highest BCUT2D eigenvalue weighted by molar-refractivity contribution is 5.99. The van der Waals surface area contributed by atoms with Gasteiger partial charge in [0, 0.05) is 12.0 Å². The van der Waals surface area contributed by atoms with Crippen molar-refractivity contribution >= 4 is 5.78 Å². The van der Waals surface area contributed by atoms with E-state index in [1.54, 1.807) is 13.8 Å². The first-order valence-corrected chi connectivity index (χ1v) is 8.56. The van der Waals surface area contributed by atoms with Crippen molar-refractivity contribution in [2.24, 2.45) is 11.3 Å². The van der Waals surface area contributed by atoms with Crippen LogP contribution in [-0.4, -0.2) is 22.1 Å². The van der Waals surface area contributed by atoms with Crippen molar-refractivity contribution in [2.75, 3.05) is 0 Å². The summed E-state index contributed by atoms with van der Waals surface area (Å²) in [5.74, 6) is 0.280. The maximum Gasteiger partial charge on any atom is 0.163 e. The van der Waals surface area contributed by atoms with Gasteiger partial charge >= 0.3 is 0 Å². The molecule has 3 heteroatoms. The summed E-state index contributed by atoms with van der Waals surface area (Å²) in [7, 11) is 0. The molecule has 2 aliphatic rings. The highest BCUT2D eigenvalue weighted by Gasteiger charge is 2.55. The Morgan fingerprint density at radius 1 is 1.22 bits per heavy atom. The van der Waals surface area contributed by atoms with E-state index in [4.69, 9.17) is 0 Å². The minimum atomic E-state index is -0.949. The fourth-order valence-electron chi connectivity index (χ4n) is 4.80. The van der Waals surface area contributed by atoms with Crippen LogP contribution >= 0.6 is 0 Å². The summed E-state index contributed by atoms with van der Waals surface area (Å²) in [6.45, 7) is 9.89. The summed E-state index contributed by atoms with van der Waals surface area (Å²) < 4.78 is 0. The normalized spacial score (nSPS) is 33.1. The second-order valence-corrected chi connectivity index (χ2v) is 8.79. The molecule has 23 heavy (non-hydrogen) atoms. The number of ketones is 1. The summed E-state index contributed by atoms with van der Waals surface area (Å²) >= 11 is 0. The van der Waals surface area contributed by atoms with Crippen LogP contribution in [0.4, 0.5) is 0 Å². The molecule has 1 aromatic carbocycles. The van der Waals surface area contributed by atoms with Gasteiger partial charge in [0.05, 0.1) is 11.7 Å². The number of hydrogen-bond donors (Lipinski definition) is 2. The summed E-state index contributed by atoms with van der Waals surface area (Å²) in [5.41, 5.74) is 1.32. The van der Waals surface area contributed by atoms with Gasteiger partial charge in [0.2, 0.25) is 0 Å². The van der Waals surface area contributed by atoms with Crippen molar-refractivity contribution in [1.29, 1.82) is 0 Å². The second kappa shape index (κ2) is 4.90. The molecule has 2 N–H and O–H groups in total. The molecule has 1 aromatic rings. The highest BCUT2D eigenvalue weighted by atomic mass is 16.3. The topological polar surface area (TPSA) is 57.5 Å². The van der Waals surface area contributed by atoms with Gasteiger partial charge in [-0.3, -0.25) is 4.79 Å². The van der Waals surface area contributed by atoms with Gasteiger partial charge in [-0.05, 0) is 60.6 Å². The fourth-order valence-corrected chi connectivity index (χ4v) is 4.80. The predicted molar refractivity (Wildman–Crippen MR) is 90.5 cm³/mol. The van der Waals surface area contributed by atoms with Gasteiger partial charge in [0.25, 0.3) is 0 Å². The Labute approximate surface area is 138 Å². The number of carbonyl (C=O) groups excluding carboxylic acids is 1. The molecule has 0 spiro atoms. The lowest BCUT2D eigenvalue weighted by molar-refractivity contribution is -0.0687. The van der Waals surface area contributed by atoms with Crippen LogP contribution in [0.3, 0.4) is 0 Å². The second-order valence-electron chi connectivity index (χ2n) is 8.79. The molecule has 3 atom stereocenters. The summed E-state index contributed by atoms with van der Waals surface area (Å²) in [6, 6.07) is 5.84. The van der Waals surface area contributed by atoms with Crippen LogP contribution < -0.4 is 0 Å². The molecule has 3 nitrogen and oxygen atoms in total. The molecule has 0 saturated heterocycles. The Kier molecular flexibility index (Phi) is 3.55. The van der Waals surface area contributed by atoms with Crippen molar-refractivity contribution in [3.05, 3.63) is 34.9 Å². The molecule has 3 rings (SSSR count). The maximum absolute atomic E-state index is 12.8. The molecule has 0 amide bonds. The first-order valence-electron chi connectivity index (χ1n) is 8.56. The van der Waals surface area contributed by atoms with Gasteiger partial charge < -0.3 is 10.2 Å². The van der Waals surface area contributed by atoms with Gasteiger partial charge in [-0.15, -0.1) is 0 Å². The van der Waals surface area contributed by atoms with Gasteiger partial charge in [-0.1, -0.05) is 32.9 Å². The van der Waals surface area contributed by atoms with Crippen LogP contribution in [-0.2, 0) is 11.0 Å². The quantitative estimate of drug-likeness (QED) is 0.833. The molecule has 126 valence electrons. The van der Waals surface area contributed by atoms with Crippen LogP contribution in [0.5, 0.6) is 0 Å². The Hall–Kier alpha value is -1.19. The van der Waals surface area contributed by atoms with E-state index in [1.165, 1.54) is 0 Å². The number of fused-ring (bicyclic) bond motifs is 3. The van der Waals surface area contributed by atoms with E-state index in [0.717, 1.165) is 29.5 Å². The Bertz CT molecular complexity index is 653. The number of Topliss-reactive ketones (excluding diaryl/α,β-unsaturated/α-hetero) is 1. The molecule has 0 aromatic heterocycles. The largest absolute Gasteiger partial charge is 0.393 e. The minimum Gasteiger partial charge on any atom is -0.393 e. The van der Waals surface area contributed by atoms with Gasteiger partial charge in [-0.2, -0.15) is 0 Å². The lowest BCUT2D eigenvalue weighted by Crippen LogP contribution is -2.54. The fraction of sp³-hybridized carbons (Fsp3) is 0.650.